The van der Waals surface area contributed by atoms with E-state index in [4.69, 9.17) is 24.3 Å². The van der Waals surface area contributed by atoms with Crippen molar-refractivity contribution in [1.82, 2.24) is 0 Å². The number of aliphatic hydroxyl groups excluding tert-OH is 1. The van der Waals surface area contributed by atoms with Gasteiger partial charge in [0.1, 0.15) is 6.61 Å². The van der Waals surface area contributed by atoms with Crippen molar-refractivity contribution in [2.75, 3.05) is 26.4 Å². The third-order valence-electron chi connectivity index (χ3n) is 9.45. The van der Waals surface area contributed by atoms with Crippen molar-refractivity contribution in [2.24, 2.45) is 5.73 Å². The number of allylic oxidation sites excluding steroid dienone is 9. The van der Waals surface area contributed by atoms with Crippen LogP contribution in [0.2, 0.25) is 0 Å². The molecule has 0 spiro atoms. The Bertz CT molecular complexity index is 1150. The number of esters is 2. The first kappa shape index (κ1) is 55.7. The lowest BCUT2D eigenvalue weighted by molar-refractivity contribution is -0.161. The molecule has 10 nitrogen and oxygen atoms in total. The fourth-order valence-electron chi connectivity index (χ4n) is 5.99. The summed E-state index contributed by atoms with van der Waals surface area (Å²) < 4.78 is 32.7. The predicted molar refractivity (Wildman–Crippen MR) is 239 cm³/mol. The van der Waals surface area contributed by atoms with Crippen LogP contribution in [0.25, 0.3) is 0 Å². The molecule has 0 aliphatic heterocycles. The molecule has 0 saturated carbocycles. The Hall–Kier alpha value is -2.33. The molecule has 0 aliphatic carbocycles. The van der Waals surface area contributed by atoms with Gasteiger partial charge in [0, 0.05) is 19.4 Å². The average molecular weight is 838 g/mol. The van der Waals surface area contributed by atoms with Gasteiger partial charge in [-0.3, -0.25) is 18.6 Å². The van der Waals surface area contributed by atoms with Gasteiger partial charge < -0.3 is 25.2 Å². The molecule has 3 atom stereocenters. The molecule has 0 heterocycles. The van der Waals surface area contributed by atoms with Crippen LogP contribution in [0, 0.1) is 0 Å². The van der Waals surface area contributed by atoms with E-state index in [1.165, 1.54) is 83.5 Å². The lowest BCUT2D eigenvalue weighted by atomic mass is 10.1. The Labute approximate surface area is 353 Å². The first-order valence-corrected chi connectivity index (χ1v) is 24.3. The molecule has 0 aromatic carbocycles. The van der Waals surface area contributed by atoms with Gasteiger partial charge in [0.15, 0.2) is 6.10 Å². The SMILES string of the molecule is CCCCCCCC/C=C\CCCCCCCCCCCC(=O)O[C@H](COC(=O)CCC/C=C\C/C=C\C/C=C\C/C=C\[C@@H](O)CCCC)COP(=O)(O)OCCN. The molecule has 0 aromatic heterocycles. The summed E-state index contributed by atoms with van der Waals surface area (Å²) in [4.78, 5) is 34.9. The number of carbonyl (C=O) groups is 2. The van der Waals surface area contributed by atoms with Crippen molar-refractivity contribution in [3.63, 3.8) is 0 Å². The second kappa shape index (κ2) is 42.8. The largest absolute Gasteiger partial charge is 0.472 e. The van der Waals surface area contributed by atoms with Gasteiger partial charge >= 0.3 is 19.8 Å². The number of carbonyl (C=O) groups excluding carboxylic acids is 2. The van der Waals surface area contributed by atoms with E-state index < -0.39 is 32.5 Å². The van der Waals surface area contributed by atoms with Crippen LogP contribution in [-0.2, 0) is 32.7 Å². The lowest BCUT2D eigenvalue weighted by Gasteiger charge is -2.19. The Morgan fingerprint density at radius 3 is 1.66 bits per heavy atom. The van der Waals surface area contributed by atoms with Crippen LogP contribution in [0.1, 0.15) is 187 Å². The minimum Gasteiger partial charge on any atom is -0.462 e. The summed E-state index contributed by atoms with van der Waals surface area (Å²) in [5.74, 6) is -0.920. The molecule has 0 fully saturated rings. The predicted octanol–water partition coefficient (Wildman–Crippen LogP) is 12.2. The second-order valence-corrected chi connectivity index (χ2v) is 16.5. The molecule has 0 aromatic rings. The summed E-state index contributed by atoms with van der Waals surface area (Å²) in [6.45, 7) is 3.50. The number of hydrogen-bond donors (Lipinski definition) is 3. The molecule has 0 saturated heterocycles. The van der Waals surface area contributed by atoms with Crippen LogP contribution in [0.5, 0.6) is 0 Å². The van der Waals surface area contributed by atoms with Crippen molar-refractivity contribution < 1.29 is 42.7 Å². The number of rotatable bonds is 42. The van der Waals surface area contributed by atoms with Gasteiger partial charge in [-0.05, 0) is 70.6 Å². The molecule has 4 N–H and O–H groups in total. The van der Waals surface area contributed by atoms with E-state index in [2.05, 4.69) is 56.4 Å². The molecule has 0 bridgehead atoms. The van der Waals surface area contributed by atoms with E-state index in [1.54, 1.807) is 0 Å². The molecule has 11 heteroatoms. The minimum absolute atomic E-state index is 0.0375. The number of nitrogens with two attached hydrogens (primary N) is 1. The molecule has 0 rings (SSSR count). The van der Waals surface area contributed by atoms with Crippen LogP contribution < -0.4 is 5.73 Å². The fourth-order valence-corrected chi connectivity index (χ4v) is 6.76. The van der Waals surface area contributed by atoms with Gasteiger partial charge in [-0.15, -0.1) is 0 Å². The van der Waals surface area contributed by atoms with Gasteiger partial charge in [0.2, 0.25) is 0 Å². The highest BCUT2D eigenvalue weighted by Gasteiger charge is 2.26. The minimum atomic E-state index is -4.40. The van der Waals surface area contributed by atoms with Gasteiger partial charge in [-0.25, -0.2) is 4.57 Å². The third-order valence-corrected chi connectivity index (χ3v) is 10.4. The summed E-state index contributed by atoms with van der Waals surface area (Å²) in [7, 11) is -4.40. The van der Waals surface area contributed by atoms with E-state index in [0.717, 1.165) is 57.8 Å². The number of unbranched alkanes of at least 4 members (excludes halogenated alkanes) is 17. The van der Waals surface area contributed by atoms with Crippen molar-refractivity contribution in [1.29, 1.82) is 0 Å². The maximum atomic E-state index is 12.6. The van der Waals surface area contributed by atoms with Crippen molar-refractivity contribution in [2.45, 2.75) is 199 Å². The summed E-state index contributed by atoms with van der Waals surface area (Å²) in [6, 6.07) is 0. The summed E-state index contributed by atoms with van der Waals surface area (Å²) in [6.07, 6.45) is 47.3. The molecule has 58 heavy (non-hydrogen) atoms. The normalized spacial score (nSPS) is 14.4. The summed E-state index contributed by atoms with van der Waals surface area (Å²) in [5.41, 5.74) is 5.35. The first-order valence-electron chi connectivity index (χ1n) is 22.9. The third kappa shape index (κ3) is 41.8. The van der Waals surface area contributed by atoms with Crippen LogP contribution in [0.4, 0.5) is 0 Å². The Balaban J connectivity index is 4.24. The number of aliphatic hydroxyl groups is 1. The van der Waals surface area contributed by atoms with Crippen molar-refractivity contribution in [3.05, 3.63) is 60.8 Å². The number of phosphoric ester groups is 1. The highest BCUT2D eigenvalue weighted by atomic mass is 31.2. The monoisotopic (exact) mass is 838 g/mol. The lowest BCUT2D eigenvalue weighted by Crippen LogP contribution is -2.29. The zero-order valence-electron chi connectivity index (χ0n) is 36.6. The first-order chi connectivity index (χ1) is 28.2. The van der Waals surface area contributed by atoms with Crippen LogP contribution in [0.3, 0.4) is 0 Å². The van der Waals surface area contributed by atoms with Crippen molar-refractivity contribution >= 4 is 19.8 Å². The topological polar surface area (TPSA) is 155 Å². The maximum absolute atomic E-state index is 12.6. The summed E-state index contributed by atoms with van der Waals surface area (Å²) >= 11 is 0. The quantitative estimate of drug-likeness (QED) is 0.0234. The van der Waals surface area contributed by atoms with E-state index >= 15 is 0 Å². The fraction of sp³-hybridized carbons (Fsp3) is 0.745. The van der Waals surface area contributed by atoms with E-state index in [-0.39, 0.29) is 38.7 Å². The standard InChI is InChI=1S/C47H84NO9P/c1-3-5-7-8-9-10-11-12-13-14-15-16-17-18-23-26-29-32-35-39-47(51)57-45(43-56-58(52,53)55-41-40-48)42-54-46(50)38-34-31-28-25-22-20-19-21-24-27-30-33-37-44(49)36-6-4-2/h12-13,19-20,24-25,27-28,33,37,44-45,49H,3-11,14-18,21-23,26,29-32,34-36,38-43,48H2,1-2H3,(H,52,53)/b13-12-,20-19-,27-24-,28-25-,37-33-/t44-,45+/m0/s1. The number of hydrogen-bond acceptors (Lipinski definition) is 9. The number of phosphoric acid groups is 1. The maximum Gasteiger partial charge on any atom is 0.472 e. The zero-order valence-corrected chi connectivity index (χ0v) is 37.5. The van der Waals surface area contributed by atoms with Gasteiger partial charge in [-0.1, -0.05) is 164 Å². The highest BCUT2D eigenvalue weighted by molar-refractivity contribution is 7.47. The van der Waals surface area contributed by atoms with Crippen LogP contribution in [0.15, 0.2) is 60.8 Å². The van der Waals surface area contributed by atoms with Crippen LogP contribution >= 0.6 is 7.82 Å². The zero-order chi connectivity index (χ0) is 42.6. The van der Waals surface area contributed by atoms with E-state index in [9.17, 15) is 24.2 Å². The molecular weight excluding hydrogens is 753 g/mol. The molecule has 0 amide bonds. The highest BCUT2D eigenvalue weighted by Crippen LogP contribution is 2.43. The van der Waals surface area contributed by atoms with Gasteiger partial charge in [0.05, 0.1) is 19.3 Å². The van der Waals surface area contributed by atoms with Gasteiger partial charge in [-0.2, -0.15) is 0 Å². The smallest absolute Gasteiger partial charge is 0.462 e. The average Bonchev–Trinajstić information content (AvgIpc) is 3.21. The van der Waals surface area contributed by atoms with E-state index in [0.29, 0.717) is 19.3 Å². The second-order valence-electron chi connectivity index (χ2n) is 15.1. The molecular formula is C47H84NO9P. The Kier molecular flexibility index (Phi) is 41.1. The van der Waals surface area contributed by atoms with Crippen LogP contribution in [-0.4, -0.2) is 60.5 Å². The molecule has 0 aliphatic rings. The van der Waals surface area contributed by atoms with E-state index in [1.807, 2.05) is 18.2 Å². The Morgan fingerprint density at radius 2 is 1.07 bits per heavy atom. The van der Waals surface area contributed by atoms with Crippen molar-refractivity contribution in [3.8, 4) is 0 Å². The molecule has 336 valence electrons. The molecule has 0 radical (unpaired) electrons. The van der Waals surface area contributed by atoms with Gasteiger partial charge in [0.25, 0.3) is 0 Å². The number of ether oxygens (including phenoxy) is 2. The summed E-state index contributed by atoms with van der Waals surface area (Å²) in [5, 5.41) is 9.81. The molecule has 1 unspecified atom stereocenters. The Morgan fingerprint density at radius 1 is 0.586 bits per heavy atom.